The van der Waals surface area contributed by atoms with E-state index in [0.29, 0.717) is 21.4 Å². The molecule has 2 N–H and O–H groups in total. The summed E-state index contributed by atoms with van der Waals surface area (Å²) in [5.41, 5.74) is 8.11. The van der Waals surface area contributed by atoms with E-state index in [2.05, 4.69) is 51.7 Å². The number of benzene rings is 3. The molecule has 3 aromatic carbocycles. The minimum absolute atomic E-state index is 0.338. The lowest BCUT2D eigenvalue weighted by Gasteiger charge is -2.20. The molecular formula is C28H28FN5OS. The average Bonchev–Trinajstić information content (AvgIpc) is 3.28. The zero-order valence-electron chi connectivity index (χ0n) is 20.5. The van der Waals surface area contributed by atoms with Crippen LogP contribution in [0.15, 0.2) is 77.9 Å². The summed E-state index contributed by atoms with van der Waals surface area (Å²) in [7, 11) is 0. The summed E-state index contributed by atoms with van der Waals surface area (Å²) in [4.78, 5) is 19.7. The first-order chi connectivity index (χ1) is 17.5. The number of carbonyl (C=O) groups is 1. The van der Waals surface area contributed by atoms with Crippen LogP contribution in [0.1, 0.15) is 35.3 Å². The van der Waals surface area contributed by atoms with Gasteiger partial charge in [0.15, 0.2) is 0 Å². The molecule has 0 aliphatic rings. The quantitative estimate of drug-likeness (QED) is 0.195. The molecule has 0 bridgehead atoms. The summed E-state index contributed by atoms with van der Waals surface area (Å²) in [6, 6.07) is 21.5. The first-order valence-corrected chi connectivity index (χ1v) is 12.6. The summed E-state index contributed by atoms with van der Waals surface area (Å²) < 4.78 is 13.3. The third-order valence-corrected chi connectivity index (χ3v) is 6.56. The standard InChI is InChI=1S/C28H28FN5OS/c1-4-34(5-2)24-16-8-20(9-17-24)18-30-33-28-31-25(21-10-6-19(3)7-11-21)27(36-28)32-26(35)22-12-14-23(29)15-13-22/h6-18H,4-5H2,1-3H3,(H,31,33)(H,32,35). The molecule has 0 radical (unpaired) electrons. The van der Waals surface area contributed by atoms with Crippen LogP contribution in [-0.4, -0.2) is 30.2 Å². The highest BCUT2D eigenvalue weighted by Crippen LogP contribution is 2.36. The molecule has 0 unspecified atom stereocenters. The maximum absolute atomic E-state index is 13.3. The van der Waals surface area contributed by atoms with Gasteiger partial charge in [0.1, 0.15) is 16.5 Å². The second-order valence-electron chi connectivity index (χ2n) is 8.16. The Balaban J connectivity index is 1.53. The van der Waals surface area contributed by atoms with Gasteiger partial charge in [0.05, 0.1) is 6.21 Å². The first-order valence-electron chi connectivity index (χ1n) is 11.8. The number of halogens is 1. The lowest BCUT2D eigenvalue weighted by molar-refractivity contribution is 0.102. The number of hydrogen-bond donors (Lipinski definition) is 2. The summed E-state index contributed by atoms with van der Waals surface area (Å²) in [6.07, 6.45) is 1.73. The summed E-state index contributed by atoms with van der Waals surface area (Å²) in [5, 5.41) is 8.37. The number of rotatable bonds is 9. The van der Waals surface area contributed by atoms with Crippen molar-refractivity contribution < 1.29 is 9.18 Å². The van der Waals surface area contributed by atoms with Crippen molar-refractivity contribution in [2.75, 3.05) is 28.7 Å². The Bertz CT molecular complexity index is 1330. The SMILES string of the molecule is CCN(CC)c1ccc(C=NNc2nc(-c3ccc(C)cc3)c(NC(=O)c3ccc(F)cc3)s2)cc1. The molecule has 0 aliphatic heterocycles. The number of anilines is 3. The van der Waals surface area contributed by atoms with Crippen LogP contribution in [0.4, 0.5) is 20.2 Å². The van der Waals surface area contributed by atoms with E-state index >= 15 is 0 Å². The number of aromatic nitrogens is 1. The van der Waals surface area contributed by atoms with Crippen molar-refractivity contribution in [1.82, 2.24) is 4.98 Å². The van der Waals surface area contributed by atoms with Gasteiger partial charge in [-0.3, -0.25) is 10.2 Å². The van der Waals surface area contributed by atoms with E-state index < -0.39 is 5.82 Å². The van der Waals surface area contributed by atoms with Crippen LogP contribution >= 0.6 is 11.3 Å². The minimum Gasteiger partial charge on any atom is -0.372 e. The van der Waals surface area contributed by atoms with Gasteiger partial charge in [-0.15, -0.1) is 0 Å². The predicted octanol–water partition coefficient (Wildman–Crippen LogP) is 6.80. The van der Waals surface area contributed by atoms with E-state index in [0.717, 1.165) is 29.8 Å². The fourth-order valence-electron chi connectivity index (χ4n) is 3.66. The van der Waals surface area contributed by atoms with Crippen molar-refractivity contribution in [2.24, 2.45) is 5.10 Å². The van der Waals surface area contributed by atoms with E-state index in [-0.39, 0.29) is 5.91 Å². The number of amides is 1. The zero-order valence-corrected chi connectivity index (χ0v) is 21.3. The molecule has 0 spiro atoms. The molecule has 0 aliphatic carbocycles. The third-order valence-electron chi connectivity index (χ3n) is 5.68. The lowest BCUT2D eigenvalue weighted by atomic mass is 10.1. The summed E-state index contributed by atoms with van der Waals surface area (Å²) in [5.74, 6) is -0.730. The highest BCUT2D eigenvalue weighted by molar-refractivity contribution is 7.20. The van der Waals surface area contributed by atoms with Crippen molar-refractivity contribution in [3.63, 3.8) is 0 Å². The number of thiazole rings is 1. The lowest BCUT2D eigenvalue weighted by Crippen LogP contribution is -2.21. The number of hydrogen-bond acceptors (Lipinski definition) is 6. The van der Waals surface area contributed by atoms with Crippen LogP contribution in [0.25, 0.3) is 11.3 Å². The highest BCUT2D eigenvalue weighted by Gasteiger charge is 2.16. The molecule has 184 valence electrons. The summed E-state index contributed by atoms with van der Waals surface area (Å²) in [6.45, 7) is 8.20. The molecule has 36 heavy (non-hydrogen) atoms. The van der Waals surface area contributed by atoms with E-state index in [1.54, 1.807) is 6.21 Å². The topological polar surface area (TPSA) is 69.6 Å². The second-order valence-corrected chi connectivity index (χ2v) is 9.16. The number of carbonyl (C=O) groups excluding carboxylic acids is 1. The third kappa shape index (κ3) is 6.14. The second kappa shape index (κ2) is 11.6. The molecule has 8 heteroatoms. The fraction of sp³-hybridized carbons (Fsp3) is 0.179. The molecule has 0 atom stereocenters. The molecular weight excluding hydrogens is 473 g/mol. The van der Waals surface area contributed by atoms with E-state index in [1.807, 2.05) is 43.3 Å². The largest absolute Gasteiger partial charge is 0.372 e. The van der Waals surface area contributed by atoms with Crippen LogP contribution in [0, 0.1) is 12.7 Å². The van der Waals surface area contributed by atoms with Crippen LogP contribution in [0.2, 0.25) is 0 Å². The molecule has 4 aromatic rings. The number of hydrazone groups is 1. The van der Waals surface area contributed by atoms with Crippen molar-refractivity contribution in [3.05, 3.63) is 95.3 Å². The Kier molecular flexibility index (Phi) is 8.07. The van der Waals surface area contributed by atoms with Gasteiger partial charge in [-0.05, 0) is 62.7 Å². The van der Waals surface area contributed by atoms with Crippen LogP contribution < -0.4 is 15.6 Å². The van der Waals surface area contributed by atoms with Crippen molar-refractivity contribution in [1.29, 1.82) is 0 Å². The molecule has 1 amide bonds. The molecule has 1 heterocycles. The Labute approximate surface area is 214 Å². The highest BCUT2D eigenvalue weighted by atomic mass is 32.1. The van der Waals surface area contributed by atoms with E-state index in [9.17, 15) is 9.18 Å². The monoisotopic (exact) mass is 501 g/mol. The Morgan fingerprint density at radius 2 is 1.67 bits per heavy atom. The van der Waals surface area contributed by atoms with Crippen LogP contribution in [0.5, 0.6) is 0 Å². The maximum atomic E-state index is 13.3. The zero-order chi connectivity index (χ0) is 25.5. The molecule has 4 rings (SSSR count). The molecule has 0 saturated carbocycles. The molecule has 0 saturated heterocycles. The van der Waals surface area contributed by atoms with Crippen molar-refractivity contribution in [2.45, 2.75) is 20.8 Å². The van der Waals surface area contributed by atoms with E-state index in [1.165, 1.54) is 41.3 Å². The van der Waals surface area contributed by atoms with Gasteiger partial charge < -0.3 is 10.2 Å². The Hall–Kier alpha value is -4.04. The molecule has 1 aromatic heterocycles. The average molecular weight is 502 g/mol. The molecule has 0 fully saturated rings. The smallest absolute Gasteiger partial charge is 0.256 e. The van der Waals surface area contributed by atoms with Gasteiger partial charge in [0.2, 0.25) is 5.13 Å². The number of nitrogens with zero attached hydrogens (tertiary/aromatic N) is 3. The van der Waals surface area contributed by atoms with Crippen molar-refractivity contribution in [3.8, 4) is 11.3 Å². The summed E-state index contributed by atoms with van der Waals surface area (Å²) >= 11 is 1.28. The predicted molar refractivity (Wildman–Crippen MR) is 148 cm³/mol. The van der Waals surface area contributed by atoms with Gasteiger partial charge in [-0.1, -0.05) is 53.3 Å². The van der Waals surface area contributed by atoms with Crippen LogP contribution in [-0.2, 0) is 0 Å². The van der Waals surface area contributed by atoms with Crippen LogP contribution in [0.3, 0.4) is 0 Å². The number of nitrogens with one attached hydrogen (secondary N) is 2. The minimum atomic E-state index is -0.392. The molecule has 6 nitrogen and oxygen atoms in total. The fourth-order valence-corrected chi connectivity index (χ4v) is 4.49. The number of aryl methyl sites for hydroxylation is 1. The van der Waals surface area contributed by atoms with Gasteiger partial charge in [-0.25, -0.2) is 9.37 Å². The van der Waals surface area contributed by atoms with Gasteiger partial charge in [-0.2, -0.15) is 5.10 Å². The normalized spacial score (nSPS) is 11.0. The Morgan fingerprint density at radius 3 is 2.31 bits per heavy atom. The van der Waals surface area contributed by atoms with Gasteiger partial charge >= 0.3 is 0 Å². The van der Waals surface area contributed by atoms with Gasteiger partial charge in [0.25, 0.3) is 5.91 Å². The maximum Gasteiger partial charge on any atom is 0.256 e. The van der Waals surface area contributed by atoms with Crippen molar-refractivity contribution >= 4 is 39.3 Å². The first kappa shape index (κ1) is 25.1. The van der Waals surface area contributed by atoms with E-state index in [4.69, 9.17) is 0 Å². The Morgan fingerprint density at radius 1 is 1.00 bits per heavy atom. The van der Waals surface area contributed by atoms with Gasteiger partial charge in [0, 0.05) is 29.9 Å².